The molecule has 94 valence electrons. The van der Waals surface area contributed by atoms with Crippen molar-refractivity contribution in [2.75, 3.05) is 5.32 Å². The van der Waals surface area contributed by atoms with E-state index in [1.807, 2.05) is 0 Å². The van der Waals surface area contributed by atoms with Crippen molar-refractivity contribution in [1.82, 2.24) is 0 Å². The molecule has 0 saturated heterocycles. The van der Waals surface area contributed by atoms with Crippen LogP contribution in [0.25, 0.3) is 0 Å². The number of alkyl halides is 4. The van der Waals surface area contributed by atoms with Crippen LogP contribution in [-0.4, -0.2) is 18.3 Å². The van der Waals surface area contributed by atoms with E-state index in [4.69, 9.17) is 0 Å². The summed E-state index contributed by atoms with van der Waals surface area (Å²) in [7, 11) is 0. The number of hydrogen-bond acceptors (Lipinski definition) is 1. The molecule has 0 fully saturated rings. The Morgan fingerprint density at radius 3 is 2.53 bits per heavy atom. The summed E-state index contributed by atoms with van der Waals surface area (Å²) in [6, 6.07) is 4.51. The normalized spacial score (nSPS) is 11.7. The maximum Gasteiger partial charge on any atom is 0.383 e. The van der Waals surface area contributed by atoms with Gasteiger partial charge >= 0.3 is 18.3 Å². The lowest BCUT2D eigenvalue weighted by Gasteiger charge is -2.16. The van der Waals surface area contributed by atoms with Gasteiger partial charge in [0.15, 0.2) is 0 Å². The Balaban J connectivity index is 2.93. The van der Waals surface area contributed by atoms with Gasteiger partial charge in [-0.3, -0.25) is 4.79 Å². The second-order valence-electron chi connectivity index (χ2n) is 3.31. The van der Waals surface area contributed by atoms with Crippen LogP contribution in [0.15, 0.2) is 22.7 Å². The minimum Gasteiger partial charge on any atom is -0.320 e. The molecule has 0 aliphatic rings. The highest BCUT2D eigenvalue weighted by molar-refractivity contribution is 9.10. The topological polar surface area (TPSA) is 29.1 Å². The standard InChI is InChI=1S/C10H8BrF4NO/c1-5-3-2-4-6(7(5)11)16-9(17)10(14,15)8(12)13/h2-4,8H,1H3,(H,16,17). The van der Waals surface area contributed by atoms with E-state index < -0.39 is 18.3 Å². The van der Waals surface area contributed by atoms with Gasteiger partial charge in [0.05, 0.1) is 5.69 Å². The van der Waals surface area contributed by atoms with Crippen LogP contribution in [-0.2, 0) is 4.79 Å². The summed E-state index contributed by atoms with van der Waals surface area (Å²) in [6.45, 7) is 1.67. The van der Waals surface area contributed by atoms with Crippen LogP contribution in [0.5, 0.6) is 0 Å². The molecule has 1 rings (SSSR count). The van der Waals surface area contributed by atoms with E-state index >= 15 is 0 Å². The molecule has 2 nitrogen and oxygen atoms in total. The van der Waals surface area contributed by atoms with Gasteiger partial charge in [0.2, 0.25) is 0 Å². The number of halogens is 5. The zero-order valence-electron chi connectivity index (χ0n) is 8.61. The van der Waals surface area contributed by atoms with Gasteiger partial charge in [-0.2, -0.15) is 8.78 Å². The van der Waals surface area contributed by atoms with Gasteiger partial charge in [0, 0.05) is 4.47 Å². The van der Waals surface area contributed by atoms with Gasteiger partial charge in [0.25, 0.3) is 0 Å². The number of hydrogen-bond donors (Lipinski definition) is 1. The van der Waals surface area contributed by atoms with Crippen LogP contribution < -0.4 is 5.32 Å². The number of anilines is 1. The number of amides is 1. The molecule has 0 spiro atoms. The number of nitrogens with one attached hydrogen (secondary N) is 1. The van der Waals surface area contributed by atoms with Crippen LogP contribution in [0.2, 0.25) is 0 Å². The van der Waals surface area contributed by atoms with Crippen molar-refractivity contribution in [3.05, 3.63) is 28.2 Å². The zero-order valence-corrected chi connectivity index (χ0v) is 10.2. The molecular weight excluding hydrogens is 306 g/mol. The number of rotatable bonds is 3. The number of carbonyl (C=O) groups excluding carboxylic acids is 1. The van der Waals surface area contributed by atoms with Crippen molar-refractivity contribution in [2.24, 2.45) is 0 Å². The molecular formula is C10H8BrF4NO. The molecule has 0 bridgehead atoms. The van der Waals surface area contributed by atoms with Gasteiger partial charge in [-0.1, -0.05) is 12.1 Å². The maximum atomic E-state index is 12.7. The van der Waals surface area contributed by atoms with Crippen molar-refractivity contribution in [2.45, 2.75) is 19.3 Å². The molecule has 1 aromatic rings. The smallest absolute Gasteiger partial charge is 0.320 e. The first kappa shape index (κ1) is 14.0. The fraction of sp³-hybridized carbons (Fsp3) is 0.300. The summed E-state index contributed by atoms with van der Waals surface area (Å²) < 4.78 is 49.6. The van der Waals surface area contributed by atoms with Crippen LogP contribution in [0.3, 0.4) is 0 Å². The molecule has 0 aliphatic heterocycles. The fourth-order valence-electron chi connectivity index (χ4n) is 1.05. The third-order valence-corrected chi connectivity index (χ3v) is 3.07. The second-order valence-corrected chi connectivity index (χ2v) is 4.11. The minimum absolute atomic E-state index is 0.0234. The average Bonchev–Trinajstić information content (AvgIpc) is 2.24. The van der Waals surface area contributed by atoms with Crippen molar-refractivity contribution in [3.8, 4) is 0 Å². The average molecular weight is 314 g/mol. The van der Waals surface area contributed by atoms with Gasteiger partial charge in [-0.25, -0.2) is 8.78 Å². The third-order valence-electron chi connectivity index (χ3n) is 2.02. The first-order valence-electron chi connectivity index (χ1n) is 4.49. The Morgan fingerprint density at radius 1 is 1.41 bits per heavy atom. The summed E-state index contributed by atoms with van der Waals surface area (Å²) in [5.41, 5.74) is 0.707. The largest absolute Gasteiger partial charge is 0.383 e. The fourth-order valence-corrected chi connectivity index (χ4v) is 1.41. The van der Waals surface area contributed by atoms with Gasteiger partial charge in [-0.05, 0) is 34.5 Å². The monoisotopic (exact) mass is 313 g/mol. The zero-order chi connectivity index (χ0) is 13.2. The minimum atomic E-state index is -4.71. The summed E-state index contributed by atoms with van der Waals surface area (Å²) >= 11 is 3.07. The number of benzene rings is 1. The first-order valence-corrected chi connectivity index (χ1v) is 5.28. The lowest BCUT2D eigenvalue weighted by Crippen LogP contribution is -2.41. The summed E-state index contributed by atoms with van der Waals surface area (Å²) in [4.78, 5) is 11.0. The quantitative estimate of drug-likeness (QED) is 0.849. The highest BCUT2D eigenvalue weighted by Crippen LogP contribution is 2.29. The van der Waals surface area contributed by atoms with Crippen molar-refractivity contribution < 1.29 is 22.4 Å². The molecule has 7 heteroatoms. The van der Waals surface area contributed by atoms with Crippen LogP contribution in [0, 0.1) is 6.92 Å². The lowest BCUT2D eigenvalue weighted by atomic mass is 10.2. The Bertz CT molecular complexity index is 436. The van der Waals surface area contributed by atoms with E-state index in [0.717, 1.165) is 0 Å². The van der Waals surface area contributed by atoms with Gasteiger partial charge < -0.3 is 5.32 Å². The van der Waals surface area contributed by atoms with E-state index in [2.05, 4.69) is 15.9 Å². The Labute approximate surface area is 103 Å². The maximum absolute atomic E-state index is 12.7. The predicted octanol–water partition coefficient (Wildman–Crippen LogP) is 3.60. The molecule has 1 aromatic carbocycles. The van der Waals surface area contributed by atoms with Gasteiger partial charge in [0.1, 0.15) is 0 Å². The molecule has 0 heterocycles. The number of aryl methyl sites for hydroxylation is 1. The van der Waals surface area contributed by atoms with Gasteiger partial charge in [-0.15, -0.1) is 0 Å². The highest BCUT2D eigenvalue weighted by atomic mass is 79.9. The molecule has 1 N–H and O–H groups in total. The molecule has 1 amide bonds. The molecule has 0 aromatic heterocycles. The van der Waals surface area contributed by atoms with Crippen molar-refractivity contribution in [1.29, 1.82) is 0 Å². The van der Waals surface area contributed by atoms with Crippen molar-refractivity contribution in [3.63, 3.8) is 0 Å². The van der Waals surface area contributed by atoms with E-state index in [1.165, 1.54) is 12.1 Å². The second kappa shape index (κ2) is 5.03. The highest BCUT2D eigenvalue weighted by Gasteiger charge is 2.49. The molecule has 0 atom stereocenters. The molecule has 0 unspecified atom stereocenters. The first-order chi connectivity index (χ1) is 7.76. The van der Waals surface area contributed by atoms with E-state index in [9.17, 15) is 22.4 Å². The Kier molecular flexibility index (Phi) is 4.13. The van der Waals surface area contributed by atoms with E-state index in [1.54, 1.807) is 18.3 Å². The SMILES string of the molecule is Cc1cccc(NC(=O)C(F)(F)C(F)F)c1Br. The van der Waals surface area contributed by atoms with E-state index in [-0.39, 0.29) is 5.69 Å². The third kappa shape index (κ3) is 2.96. The van der Waals surface area contributed by atoms with E-state index in [0.29, 0.717) is 10.0 Å². The Morgan fingerprint density at radius 2 is 2.00 bits per heavy atom. The summed E-state index contributed by atoms with van der Waals surface area (Å²) in [5, 5.41) is 1.76. The molecule has 0 radical (unpaired) electrons. The van der Waals surface area contributed by atoms with Crippen LogP contribution >= 0.6 is 15.9 Å². The summed E-state index contributed by atoms with van der Waals surface area (Å²) in [5.74, 6) is -6.73. The van der Waals surface area contributed by atoms with Crippen molar-refractivity contribution >= 4 is 27.5 Å². The summed E-state index contributed by atoms with van der Waals surface area (Å²) in [6.07, 6.45) is -4.04. The molecule has 17 heavy (non-hydrogen) atoms. The Hall–Kier alpha value is -1.11. The van der Waals surface area contributed by atoms with Crippen LogP contribution in [0.1, 0.15) is 5.56 Å². The molecule has 0 aliphatic carbocycles. The predicted molar refractivity (Wildman–Crippen MR) is 58.5 cm³/mol. The lowest BCUT2D eigenvalue weighted by molar-refractivity contribution is -0.163. The number of carbonyl (C=O) groups is 1. The molecule has 0 saturated carbocycles. The van der Waals surface area contributed by atoms with Crippen LogP contribution in [0.4, 0.5) is 23.2 Å².